The van der Waals surface area contributed by atoms with Crippen LogP contribution in [-0.4, -0.2) is 18.8 Å². The van der Waals surface area contributed by atoms with E-state index in [9.17, 15) is 0 Å². The van der Waals surface area contributed by atoms with Crippen LogP contribution in [-0.2, 0) is 0 Å². The minimum absolute atomic E-state index is 0.958. The maximum Gasteiger partial charge on any atom is 0.0392 e. The molecule has 14 heavy (non-hydrogen) atoms. The molecule has 0 unspecified atom stereocenters. The molecule has 0 saturated heterocycles. The molecule has 2 nitrogen and oxygen atoms in total. The lowest BCUT2D eigenvalue weighted by molar-refractivity contribution is 0.770. The van der Waals surface area contributed by atoms with Gasteiger partial charge in [0.2, 0.25) is 0 Å². The maximum atomic E-state index is 4.46. The molecule has 0 aromatic heterocycles. The van der Waals surface area contributed by atoms with Gasteiger partial charge in [-0.15, -0.1) is 0 Å². The number of nitrogens with zero attached hydrogens (tertiary/aromatic N) is 1. The predicted octanol–water partition coefficient (Wildman–Crippen LogP) is 3.15. The van der Waals surface area contributed by atoms with Gasteiger partial charge in [0, 0.05) is 24.5 Å². The van der Waals surface area contributed by atoms with Crippen molar-refractivity contribution in [2.75, 3.05) is 13.1 Å². The normalized spacial score (nSPS) is 13.1. The van der Waals surface area contributed by atoms with E-state index in [1.165, 1.54) is 18.5 Å². The molecule has 0 aliphatic rings. The van der Waals surface area contributed by atoms with Crippen LogP contribution in [0.3, 0.4) is 0 Å². The van der Waals surface area contributed by atoms with Crippen molar-refractivity contribution in [2.45, 2.75) is 47.0 Å². The zero-order valence-corrected chi connectivity index (χ0v) is 10.1. The van der Waals surface area contributed by atoms with Crippen molar-refractivity contribution in [3.05, 3.63) is 11.8 Å². The Labute approximate surface area is 88.5 Å². The fourth-order valence-corrected chi connectivity index (χ4v) is 1.15. The maximum absolute atomic E-state index is 4.46. The molecule has 0 rings (SSSR count). The van der Waals surface area contributed by atoms with Gasteiger partial charge in [0.25, 0.3) is 0 Å². The summed E-state index contributed by atoms with van der Waals surface area (Å²) in [5, 5.41) is 3.33. The highest BCUT2D eigenvalue weighted by Crippen LogP contribution is 1.93. The minimum Gasteiger partial charge on any atom is -0.389 e. The molecule has 0 spiro atoms. The third-order valence-corrected chi connectivity index (χ3v) is 1.95. The number of unbranched alkanes of at least 4 members (excludes halogenated alkanes) is 1. The van der Waals surface area contributed by atoms with Crippen LogP contribution in [0.25, 0.3) is 0 Å². The van der Waals surface area contributed by atoms with Crippen molar-refractivity contribution in [2.24, 2.45) is 4.99 Å². The van der Waals surface area contributed by atoms with Crippen molar-refractivity contribution in [1.29, 1.82) is 0 Å². The third-order valence-electron chi connectivity index (χ3n) is 1.95. The van der Waals surface area contributed by atoms with Gasteiger partial charge in [-0.3, -0.25) is 4.99 Å². The van der Waals surface area contributed by atoms with Crippen LogP contribution < -0.4 is 5.32 Å². The number of aliphatic imine (C=N–C) groups is 1. The van der Waals surface area contributed by atoms with Crippen LogP contribution >= 0.6 is 0 Å². The molecule has 0 atom stereocenters. The predicted molar refractivity (Wildman–Crippen MR) is 64.9 cm³/mol. The van der Waals surface area contributed by atoms with E-state index in [0.717, 1.165) is 25.2 Å². The lowest BCUT2D eigenvalue weighted by atomic mass is 10.3. The number of rotatable bonds is 7. The van der Waals surface area contributed by atoms with Gasteiger partial charge in [-0.2, -0.15) is 0 Å². The van der Waals surface area contributed by atoms with Crippen LogP contribution in [0.1, 0.15) is 47.0 Å². The Bertz CT molecular complexity index is 192. The zero-order chi connectivity index (χ0) is 10.8. The first-order valence-corrected chi connectivity index (χ1v) is 5.63. The van der Waals surface area contributed by atoms with E-state index in [4.69, 9.17) is 0 Å². The molecule has 0 aromatic carbocycles. The zero-order valence-electron chi connectivity index (χ0n) is 10.1. The molecule has 0 radical (unpaired) electrons. The average Bonchev–Trinajstić information content (AvgIpc) is 2.15. The topological polar surface area (TPSA) is 24.4 Å². The highest BCUT2D eigenvalue weighted by atomic mass is 14.9. The molecule has 0 amide bonds. The quantitative estimate of drug-likeness (QED) is 0.491. The highest BCUT2D eigenvalue weighted by Gasteiger charge is 1.89. The number of hydrogen-bond acceptors (Lipinski definition) is 2. The first-order valence-electron chi connectivity index (χ1n) is 5.63. The van der Waals surface area contributed by atoms with Crippen LogP contribution in [0.2, 0.25) is 0 Å². The Morgan fingerprint density at radius 1 is 1.21 bits per heavy atom. The largest absolute Gasteiger partial charge is 0.389 e. The van der Waals surface area contributed by atoms with E-state index in [2.05, 4.69) is 44.1 Å². The van der Waals surface area contributed by atoms with Crippen LogP contribution in [0, 0.1) is 0 Å². The Morgan fingerprint density at radius 3 is 2.50 bits per heavy atom. The van der Waals surface area contributed by atoms with Crippen molar-refractivity contribution >= 4 is 5.71 Å². The van der Waals surface area contributed by atoms with Crippen molar-refractivity contribution in [3.8, 4) is 0 Å². The van der Waals surface area contributed by atoms with Gasteiger partial charge < -0.3 is 5.32 Å². The summed E-state index contributed by atoms with van der Waals surface area (Å²) in [5.41, 5.74) is 2.34. The summed E-state index contributed by atoms with van der Waals surface area (Å²) in [6.07, 6.45) is 5.68. The molecule has 0 saturated carbocycles. The summed E-state index contributed by atoms with van der Waals surface area (Å²) in [5.74, 6) is 0. The lowest BCUT2D eigenvalue weighted by Gasteiger charge is -2.04. The Balaban J connectivity index is 3.86. The molecule has 0 aromatic rings. The summed E-state index contributed by atoms with van der Waals surface area (Å²) in [7, 11) is 0. The second-order valence-electron chi connectivity index (χ2n) is 3.63. The monoisotopic (exact) mass is 196 g/mol. The van der Waals surface area contributed by atoms with Gasteiger partial charge in [-0.25, -0.2) is 0 Å². The molecule has 82 valence electrons. The fraction of sp³-hybridized carbons (Fsp3) is 0.750. The Kier molecular flexibility index (Phi) is 8.30. The molecular weight excluding hydrogens is 172 g/mol. The summed E-state index contributed by atoms with van der Waals surface area (Å²) in [6.45, 7) is 10.5. The Morgan fingerprint density at radius 2 is 1.93 bits per heavy atom. The highest BCUT2D eigenvalue weighted by molar-refractivity contribution is 5.93. The molecular formula is C12H24N2. The van der Waals surface area contributed by atoms with E-state index in [0.29, 0.717) is 0 Å². The van der Waals surface area contributed by atoms with Gasteiger partial charge in [-0.05, 0) is 32.8 Å². The van der Waals surface area contributed by atoms with E-state index in [-0.39, 0.29) is 0 Å². The number of allylic oxidation sites excluding steroid dienone is 2. The summed E-state index contributed by atoms with van der Waals surface area (Å²) in [4.78, 5) is 4.46. The molecule has 0 aliphatic heterocycles. The summed E-state index contributed by atoms with van der Waals surface area (Å²) >= 11 is 0. The van der Waals surface area contributed by atoms with Gasteiger partial charge in [0.05, 0.1) is 0 Å². The molecule has 0 aliphatic carbocycles. The summed E-state index contributed by atoms with van der Waals surface area (Å²) < 4.78 is 0. The SMILES string of the molecule is CCCCN=C(C)C=C(C)NCCC. The van der Waals surface area contributed by atoms with E-state index < -0.39 is 0 Å². The second kappa shape index (κ2) is 8.79. The van der Waals surface area contributed by atoms with Crippen LogP contribution in [0.15, 0.2) is 16.8 Å². The molecule has 0 fully saturated rings. The number of hydrogen-bond donors (Lipinski definition) is 1. The first-order chi connectivity index (χ1) is 6.70. The number of nitrogens with one attached hydrogen (secondary N) is 1. The van der Waals surface area contributed by atoms with Crippen molar-refractivity contribution < 1.29 is 0 Å². The molecule has 0 heterocycles. The third kappa shape index (κ3) is 7.84. The van der Waals surface area contributed by atoms with Gasteiger partial charge in [0.15, 0.2) is 0 Å². The van der Waals surface area contributed by atoms with Crippen molar-refractivity contribution in [1.82, 2.24) is 5.32 Å². The second-order valence-corrected chi connectivity index (χ2v) is 3.63. The summed E-state index contributed by atoms with van der Waals surface area (Å²) in [6, 6.07) is 0. The fourth-order valence-electron chi connectivity index (χ4n) is 1.15. The lowest BCUT2D eigenvalue weighted by Crippen LogP contribution is -2.12. The van der Waals surface area contributed by atoms with Crippen molar-refractivity contribution in [3.63, 3.8) is 0 Å². The molecule has 1 N–H and O–H groups in total. The molecule has 0 bridgehead atoms. The smallest absolute Gasteiger partial charge is 0.0392 e. The van der Waals surface area contributed by atoms with E-state index in [1.807, 2.05) is 0 Å². The van der Waals surface area contributed by atoms with Gasteiger partial charge >= 0.3 is 0 Å². The first kappa shape index (κ1) is 13.2. The van der Waals surface area contributed by atoms with Crippen LogP contribution in [0.4, 0.5) is 0 Å². The Hall–Kier alpha value is -0.790. The van der Waals surface area contributed by atoms with Crippen LogP contribution in [0.5, 0.6) is 0 Å². The molecule has 2 heteroatoms. The van der Waals surface area contributed by atoms with E-state index in [1.54, 1.807) is 0 Å². The van der Waals surface area contributed by atoms with Gasteiger partial charge in [0.1, 0.15) is 0 Å². The minimum atomic E-state index is 0.958. The van der Waals surface area contributed by atoms with Gasteiger partial charge in [-0.1, -0.05) is 20.3 Å². The average molecular weight is 196 g/mol. The van der Waals surface area contributed by atoms with E-state index >= 15 is 0 Å². The standard InChI is InChI=1S/C12H24N2/c1-5-7-9-14-12(4)10-11(3)13-8-6-2/h10,13H,5-9H2,1-4H3.